The van der Waals surface area contributed by atoms with Crippen molar-refractivity contribution in [2.24, 2.45) is 0 Å². The monoisotopic (exact) mass is 227 g/mol. The maximum Gasteiger partial charge on any atom is 0.308 e. The van der Waals surface area contributed by atoms with Gasteiger partial charge < -0.3 is 4.74 Å². The molecule has 0 aliphatic rings. The molecule has 5 heteroatoms. The minimum absolute atomic E-state index is 0.0711. The normalized spacial score (nSPS) is 9.53. The number of rotatable bonds is 1. The van der Waals surface area contributed by atoms with Gasteiger partial charge in [-0.1, -0.05) is 11.6 Å². The summed E-state index contributed by atoms with van der Waals surface area (Å²) in [7, 11) is 0. The van der Waals surface area contributed by atoms with Gasteiger partial charge in [0.2, 0.25) is 0 Å². The highest BCUT2D eigenvalue weighted by atomic mass is 35.5. The molecule has 0 amide bonds. The number of hydrogen-bond donors (Lipinski definition) is 0. The van der Waals surface area contributed by atoms with E-state index in [9.17, 15) is 9.18 Å². The highest BCUT2D eigenvalue weighted by Crippen LogP contribution is 2.32. The Balaban J connectivity index is 3.35. The van der Waals surface area contributed by atoms with Crippen molar-refractivity contribution in [2.45, 2.75) is 13.8 Å². The summed E-state index contributed by atoms with van der Waals surface area (Å²) in [5.74, 6) is -1.42. The van der Waals surface area contributed by atoms with Gasteiger partial charge in [-0.05, 0) is 12.5 Å². The van der Waals surface area contributed by atoms with Crippen LogP contribution in [0.1, 0.15) is 18.1 Å². The molecular formula is C10H7ClFNO2. The van der Waals surface area contributed by atoms with Crippen LogP contribution in [-0.2, 0) is 4.79 Å². The molecule has 0 radical (unpaired) electrons. The van der Waals surface area contributed by atoms with E-state index in [-0.39, 0.29) is 21.9 Å². The van der Waals surface area contributed by atoms with Gasteiger partial charge in [0.15, 0.2) is 5.75 Å². The van der Waals surface area contributed by atoms with Crippen molar-refractivity contribution < 1.29 is 13.9 Å². The standard InChI is InChI=1S/C10H7ClFNO2/c1-5-7(4-13)8(12)3-9(10(5)11)15-6(2)14/h3H,1-2H3. The Morgan fingerprint density at radius 1 is 1.67 bits per heavy atom. The lowest BCUT2D eigenvalue weighted by molar-refractivity contribution is -0.131. The molecule has 1 aromatic carbocycles. The SMILES string of the molecule is CC(=O)Oc1cc(F)c(C#N)c(C)c1Cl. The smallest absolute Gasteiger partial charge is 0.308 e. The van der Waals surface area contributed by atoms with Crippen LogP contribution in [0.2, 0.25) is 5.02 Å². The quantitative estimate of drug-likeness (QED) is 0.547. The number of nitriles is 1. The van der Waals surface area contributed by atoms with Crippen molar-refractivity contribution in [3.8, 4) is 11.8 Å². The predicted octanol–water partition coefficient (Wildman–Crippen LogP) is 2.58. The molecule has 0 spiro atoms. The van der Waals surface area contributed by atoms with Gasteiger partial charge in [0.05, 0.1) is 10.6 Å². The van der Waals surface area contributed by atoms with E-state index < -0.39 is 11.8 Å². The van der Waals surface area contributed by atoms with Gasteiger partial charge in [-0.2, -0.15) is 5.26 Å². The fourth-order valence-corrected chi connectivity index (χ4v) is 1.28. The van der Waals surface area contributed by atoms with E-state index in [2.05, 4.69) is 4.74 Å². The van der Waals surface area contributed by atoms with Crippen LogP contribution in [0.15, 0.2) is 6.07 Å². The third-order valence-corrected chi connectivity index (χ3v) is 2.25. The molecule has 0 aliphatic heterocycles. The molecule has 0 N–H and O–H groups in total. The summed E-state index contributed by atoms with van der Waals surface area (Å²) in [6.07, 6.45) is 0. The Bertz CT molecular complexity index is 465. The summed E-state index contributed by atoms with van der Waals surface area (Å²) in [5, 5.41) is 8.71. The number of halogens is 2. The Morgan fingerprint density at radius 3 is 2.73 bits per heavy atom. The molecule has 0 fully saturated rings. The van der Waals surface area contributed by atoms with Crippen molar-refractivity contribution in [3.05, 3.63) is 28.0 Å². The topological polar surface area (TPSA) is 50.1 Å². The molecule has 0 bridgehead atoms. The first kappa shape index (κ1) is 11.5. The Labute approximate surface area is 91.0 Å². The molecule has 0 atom stereocenters. The number of esters is 1. The lowest BCUT2D eigenvalue weighted by Crippen LogP contribution is -2.04. The van der Waals surface area contributed by atoms with Gasteiger partial charge in [0.25, 0.3) is 0 Å². The van der Waals surface area contributed by atoms with E-state index in [1.807, 2.05) is 0 Å². The molecule has 0 aromatic heterocycles. The van der Waals surface area contributed by atoms with E-state index in [1.54, 1.807) is 6.07 Å². The minimum atomic E-state index is -0.754. The van der Waals surface area contributed by atoms with Crippen LogP contribution in [0.5, 0.6) is 5.75 Å². The molecule has 78 valence electrons. The molecule has 0 aliphatic carbocycles. The zero-order chi connectivity index (χ0) is 11.6. The minimum Gasteiger partial charge on any atom is -0.425 e. The largest absolute Gasteiger partial charge is 0.425 e. The molecule has 15 heavy (non-hydrogen) atoms. The molecule has 0 saturated heterocycles. The highest BCUT2D eigenvalue weighted by Gasteiger charge is 2.15. The van der Waals surface area contributed by atoms with Gasteiger partial charge in [-0.15, -0.1) is 0 Å². The van der Waals surface area contributed by atoms with Crippen LogP contribution in [-0.4, -0.2) is 5.97 Å². The van der Waals surface area contributed by atoms with Crippen LogP contribution in [0.3, 0.4) is 0 Å². The third-order valence-electron chi connectivity index (χ3n) is 1.78. The summed E-state index contributed by atoms with van der Waals surface area (Å²) in [4.78, 5) is 10.7. The first-order valence-electron chi connectivity index (χ1n) is 4.04. The van der Waals surface area contributed by atoms with E-state index in [0.717, 1.165) is 6.07 Å². The molecule has 0 heterocycles. The van der Waals surface area contributed by atoms with Gasteiger partial charge in [-0.25, -0.2) is 4.39 Å². The van der Waals surface area contributed by atoms with E-state index >= 15 is 0 Å². The zero-order valence-corrected chi connectivity index (χ0v) is 8.85. The summed E-state index contributed by atoms with van der Waals surface area (Å²) in [6, 6.07) is 2.61. The number of carbonyl (C=O) groups excluding carboxylic acids is 1. The lowest BCUT2D eigenvalue weighted by Gasteiger charge is -2.08. The van der Waals surface area contributed by atoms with Gasteiger partial charge in [-0.3, -0.25) is 4.79 Å². The third kappa shape index (κ3) is 2.25. The first-order valence-corrected chi connectivity index (χ1v) is 4.42. The fraction of sp³-hybridized carbons (Fsp3) is 0.200. The highest BCUT2D eigenvalue weighted by molar-refractivity contribution is 6.33. The van der Waals surface area contributed by atoms with Crippen LogP contribution < -0.4 is 4.74 Å². The Kier molecular flexibility index (Phi) is 3.28. The number of nitrogens with zero attached hydrogens (tertiary/aromatic N) is 1. The van der Waals surface area contributed by atoms with Gasteiger partial charge >= 0.3 is 5.97 Å². The number of ether oxygens (including phenoxy) is 1. The first-order chi connectivity index (χ1) is 6.97. The molecule has 0 saturated carbocycles. The van der Waals surface area contributed by atoms with Crippen molar-refractivity contribution >= 4 is 17.6 Å². The second-order valence-corrected chi connectivity index (χ2v) is 3.25. The van der Waals surface area contributed by atoms with E-state index in [4.69, 9.17) is 16.9 Å². The molecular weight excluding hydrogens is 221 g/mol. The summed E-state index contributed by atoms with van der Waals surface area (Å²) in [5.41, 5.74) is 0.117. The van der Waals surface area contributed by atoms with Gasteiger partial charge in [0.1, 0.15) is 11.9 Å². The van der Waals surface area contributed by atoms with Gasteiger partial charge in [0, 0.05) is 13.0 Å². The Hall–Kier alpha value is -1.60. The van der Waals surface area contributed by atoms with Crippen molar-refractivity contribution in [2.75, 3.05) is 0 Å². The van der Waals surface area contributed by atoms with E-state index in [0.29, 0.717) is 0 Å². The van der Waals surface area contributed by atoms with Crippen molar-refractivity contribution in [1.29, 1.82) is 5.26 Å². The van der Waals surface area contributed by atoms with Crippen LogP contribution in [0, 0.1) is 24.1 Å². The average molecular weight is 228 g/mol. The van der Waals surface area contributed by atoms with Crippen LogP contribution in [0.4, 0.5) is 4.39 Å². The number of carbonyl (C=O) groups is 1. The van der Waals surface area contributed by atoms with Crippen LogP contribution in [0.25, 0.3) is 0 Å². The second-order valence-electron chi connectivity index (χ2n) is 2.88. The average Bonchev–Trinajstić information content (AvgIpc) is 2.14. The molecule has 0 unspecified atom stereocenters. The van der Waals surface area contributed by atoms with Crippen molar-refractivity contribution in [1.82, 2.24) is 0 Å². The lowest BCUT2D eigenvalue weighted by atomic mass is 10.1. The fourth-order valence-electron chi connectivity index (χ4n) is 1.09. The summed E-state index contributed by atoms with van der Waals surface area (Å²) < 4.78 is 18.0. The maximum atomic E-state index is 13.3. The maximum absolute atomic E-state index is 13.3. The summed E-state index contributed by atoms with van der Waals surface area (Å²) >= 11 is 5.80. The zero-order valence-electron chi connectivity index (χ0n) is 8.10. The summed E-state index contributed by atoms with van der Waals surface area (Å²) in [6.45, 7) is 2.67. The second kappa shape index (κ2) is 4.28. The predicted molar refractivity (Wildman–Crippen MR) is 52.2 cm³/mol. The van der Waals surface area contributed by atoms with Crippen molar-refractivity contribution in [3.63, 3.8) is 0 Å². The van der Waals surface area contributed by atoms with E-state index in [1.165, 1.54) is 13.8 Å². The number of hydrogen-bond acceptors (Lipinski definition) is 3. The number of benzene rings is 1. The molecule has 3 nitrogen and oxygen atoms in total. The molecule has 1 rings (SSSR count). The van der Waals surface area contributed by atoms with Crippen LogP contribution >= 0.6 is 11.6 Å². The molecule has 1 aromatic rings. The Morgan fingerprint density at radius 2 is 2.27 bits per heavy atom.